The number of carbonyl (C=O) groups is 1. The highest BCUT2D eigenvalue weighted by molar-refractivity contribution is 5.64. The van der Waals surface area contributed by atoms with E-state index >= 15 is 0 Å². The molecule has 0 aromatic carbocycles. The van der Waals surface area contributed by atoms with E-state index < -0.39 is 6.09 Å². The SMILES string of the molecule is CCNC(C)(C)CNC(=O)O. The van der Waals surface area contributed by atoms with Crippen LogP contribution in [-0.4, -0.2) is 29.8 Å². The van der Waals surface area contributed by atoms with E-state index in [1.54, 1.807) is 0 Å². The number of hydrogen-bond donors (Lipinski definition) is 3. The summed E-state index contributed by atoms with van der Waals surface area (Å²) in [6, 6.07) is 0. The first-order valence-corrected chi connectivity index (χ1v) is 3.70. The van der Waals surface area contributed by atoms with Crippen molar-refractivity contribution in [2.75, 3.05) is 13.1 Å². The lowest BCUT2D eigenvalue weighted by atomic mass is 10.1. The summed E-state index contributed by atoms with van der Waals surface area (Å²) in [7, 11) is 0. The summed E-state index contributed by atoms with van der Waals surface area (Å²) < 4.78 is 0. The molecule has 0 saturated carbocycles. The zero-order chi connectivity index (χ0) is 8.91. The van der Waals surface area contributed by atoms with E-state index in [4.69, 9.17) is 5.11 Å². The second-order valence-corrected chi connectivity index (χ2v) is 3.07. The van der Waals surface area contributed by atoms with E-state index in [-0.39, 0.29) is 5.54 Å². The van der Waals surface area contributed by atoms with Crippen LogP contribution in [0.1, 0.15) is 20.8 Å². The van der Waals surface area contributed by atoms with E-state index in [9.17, 15) is 4.79 Å². The zero-order valence-corrected chi connectivity index (χ0v) is 7.27. The Morgan fingerprint density at radius 1 is 1.55 bits per heavy atom. The molecule has 0 saturated heterocycles. The van der Waals surface area contributed by atoms with Gasteiger partial charge < -0.3 is 15.7 Å². The normalized spacial score (nSPS) is 11.2. The third-order valence-electron chi connectivity index (χ3n) is 1.34. The minimum absolute atomic E-state index is 0.160. The summed E-state index contributed by atoms with van der Waals surface area (Å²) >= 11 is 0. The van der Waals surface area contributed by atoms with Gasteiger partial charge in [-0.25, -0.2) is 4.79 Å². The Kier molecular flexibility index (Phi) is 3.89. The molecule has 0 atom stereocenters. The summed E-state index contributed by atoms with van der Waals surface area (Å²) in [4.78, 5) is 10.1. The largest absolute Gasteiger partial charge is 0.465 e. The highest BCUT2D eigenvalue weighted by Gasteiger charge is 2.15. The molecule has 3 N–H and O–H groups in total. The number of hydrogen-bond acceptors (Lipinski definition) is 2. The minimum atomic E-state index is -0.976. The predicted octanol–water partition coefficient (Wildman–Crippen LogP) is 0.642. The van der Waals surface area contributed by atoms with Gasteiger partial charge in [0.15, 0.2) is 0 Å². The van der Waals surface area contributed by atoms with Crippen LogP contribution in [0.3, 0.4) is 0 Å². The molecule has 0 fully saturated rings. The molecule has 4 heteroatoms. The van der Waals surface area contributed by atoms with E-state index in [1.165, 1.54) is 0 Å². The first-order valence-electron chi connectivity index (χ1n) is 3.70. The molecule has 0 unspecified atom stereocenters. The fraction of sp³-hybridized carbons (Fsp3) is 0.857. The quantitative estimate of drug-likeness (QED) is 0.565. The van der Waals surface area contributed by atoms with Crippen molar-refractivity contribution in [2.24, 2.45) is 0 Å². The van der Waals surface area contributed by atoms with Crippen molar-refractivity contribution in [3.05, 3.63) is 0 Å². The molecule has 0 aliphatic rings. The molecule has 0 radical (unpaired) electrons. The average molecular weight is 160 g/mol. The van der Waals surface area contributed by atoms with Gasteiger partial charge >= 0.3 is 6.09 Å². The van der Waals surface area contributed by atoms with Gasteiger partial charge in [0.2, 0.25) is 0 Å². The zero-order valence-electron chi connectivity index (χ0n) is 7.27. The van der Waals surface area contributed by atoms with Crippen molar-refractivity contribution in [3.8, 4) is 0 Å². The Balaban J connectivity index is 3.63. The van der Waals surface area contributed by atoms with Crippen molar-refractivity contribution in [3.63, 3.8) is 0 Å². The minimum Gasteiger partial charge on any atom is -0.465 e. The molecule has 4 nitrogen and oxygen atoms in total. The Morgan fingerprint density at radius 2 is 2.09 bits per heavy atom. The van der Waals surface area contributed by atoms with Crippen LogP contribution >= 0.6 is 0 Å². The molecule has 0 heterocycles. The third kappa shape index (κ3) is 5.66. The first kappa shape index (κ1) is 10.2. The fourth-order valence-corrected chi connectivity index (χ4v) is 0.838. The molecule has 0 rings (SSSR count). The summed E-state index contributed by atoms with van der Waals surface area (Å²) in [6.07, 6.45) is -0.976. The smallest absolute Gasteiger partial charge is 0.404 e. The van der Waals surface area contributed by atoms with Crippen LogP contribution in [0.2, 0.25) is 0 Å². The second-order valence-electron chi connectivity index (χ2n) is 3.07. The van der Waals surface area contributed by atoms with Gasteiger partial charge in [-0.2, -0.15) is 0 Å². The standard InChI is InChI=1S/C7H16N2O2/c1-4-9-7(2,3)5-8-6(10)11/h8-9H,4-5H2,1-3H3,(H,10,11). The molecular formula is C7H16N2O2. The summed E-state index contributed by atoms with van der Waals surface area (Å²) in [5, 5.41) is 13.8. The number of rotatable bonds is 4. The molecule has 0 bridgehead atoms. The number of nitrogens with one attached hydrogen (secondary N) is 2. The van der Waals surface area contributed by atoms with Crippen LogP contribution in [0.15, 0.2) is 0 Å². The number of amides is 1. The molecule has 1 amide bonds. The molecular weight excluding hydrogens is 144 g/mol. The van der Waals surface area contributed by atoms with Crippen LogP contribution in [0, 0.1) is 0 Å². The summed E-state index contributed by atoms with van der Waals surface area (Å²) in [6.45, 7) is 7.16. The number of carboxylic acid groups (broad SMARTS) is 1. The van der Waals surface area contributed by atoms with Crippen LogP contribution in [0.4, 0.5) is 4.79 Å². The first-order chi connectivity index (χ1) is 4.98. The predicted molar refractivity (Wildman–Crippen MR) is 43.8 cm³/mol. The monoisotopic (exact) mass is 160 g/mol. The van der Waals surface area contributed by atoms with Crippen LogP contribution < -0.4 is 10.6 Å². The Hall–Kier alpha value is -0.770. The van der Waals surface area contributed by atoms with Gasteiger partial charge in [-0.15, -0.1) is 0 Å². The van der Waals surface area contributed by atoms with E-state index in [2.05, 4.69) is 10.6 Å². The maximum atomic E-state index is 10.1. The third-order valence-corrected chi connectivity index (χ3v) is 1.34. The van der Waals surface area contributed by atoms with E-state index in [0.29, 0.717) is 6.54 Å². The van der Waals surface area contributed by atoms with Gasteiger partial charge in [0.25, 0.3) is 0 Å². The lowest BCUT2D eigenvalue weighted by molar-refractivity contribution is 0.190. The molecule has 0 spiro atoms. The summed E-state index contributed by atoms with van der Waals surface area (Å²) in [5.41, 5.74) is -0.160. The van der Waals surface area contributed by atoms with Crippen LogP contribution in [-0.2, 0) is 0 Å². The maximum absolute atomic E-state index is 10.1. The molecule has 66 valence electrons. The molecule has 11 heavy (non-hydrogen) atoms. The Labute approximate surface area is 67.0 Å². The van der Waals surface area contributed by atoms with Crippen molar-refractivity contribution in [2.45, 2.75) is 26.3 Å². The highest BCUT2D eigenvalue weighted by atomic mass is 16.4. The molecule has 0 aromatic rings. The van der Waals surface area contributed by atoms with Gasteiger partial charge in [0.05, 0.1) is 0 Å². The van der Waals surface area contributed by atoms with Gasteiger partial charge in [-0.3, -0.25) is 0 Å². The average Bonchev–Trinajstić information content (AvgIpc) is 1.84. The van der Waals surface area contributed by atoms with Crippen molar-refractivity contribution in [1.29, 1.82) is 0 Å². The topological polar surface area (TPSA) is 61.4 Å². The molecule has 0 aliphatic heterocycles. The van der Waals surface area contributed by atoms with Crippen molar-refractivity contribution in [1.82, 2.24) is 10.6 Å². The summed E-state index contributed by atoms with van der Waals surface area (Å²) in [5.74, 6) is 0. The van der Waals surface area contributed by atoms with Crippen LogP contribution in [0.5, 0.6) is 0 Å². The van der Waals surface area contributed by atoms with Gasteiger partial charge in [-0.05, 0) is 20.4 Å². The maximum Gasteiger partial charge on any atom is 0.404 e. The van der Waals surface area contributed by atoms with Gasteiger partial charge in [0, 0.05) is 12.1 Å². The van der Waals surface area contributed by atoms with E-state index in [1.807, 2.05) is 20.8 Å². The second kappa shape index (κ2) is 4.18. The molecule has 0 aliphatic carbocycles. The highest BCUT2D eigenvalue weighted by Crippen LogP contribution is 1.98. The van der Waals surface area contributed by atoms with Gasteiger partial charge in [-0.1, -0.05) is 6.92 Å². The Bertz CT molecular complexity index is 134. The lowest BCUT2D eigenvalue weighted by Gasteiger charge is -2.24. The van der Waals surface area contributed by atoms with Crippen molar-refractivity contribution < 1.29 is 9.90 Å². The van der Waals surface area contributed by atoms with Crippen LogP contribution in [0.25, 0.3) is 0 Å². The van der Waals surface area contributed by atoms with E-state index in [0.717, 1.165) is 6.54 Å². The fourth-order valence-electron chi connectivity index (χ4n) is 0.838. The van der Waals surface area contributed by atoms with Crippen molar-refractivity contribution >= 4 is 6.09 Å². The number of likely N-dealkylation sites (N-methyl/N-ethyl adjacent to an activating group) is 1. The lowest BCUT2D eigenvalue weighted by Crippen LogP contribution is -2.48. The Morgan fingerprint density at radius 3 is 2.45 bits per heavy atom. The molecule has 0 aromatic heterocycles. The van der Waals surface area contributed by atoms with Gasteiger partial charge in [0.1, 0.15) is 0 Å².